The van der Waals surface area contributed by atoms with Crippen molar-refractivity contribution in [1.82, 2.24) is 9.78 Å². The highest BCUT2D eigenvalue weighted by molar-refractivity contribution is 5.93. The molecule has 8 nitrogen and oxygen atoms in total. The Bertz CT molecular complexity index is 909. The molecule has 1 heterocycles. The van der Waals surface area contributed by atoms with Crippen LogP contribution in [0.2, 0.25) is 0 Å². The normalized spacial score (nSPS) is 11.0. The van der Waals surface area contributed by atoms with E-state index in [1.807, 2.05) is 0 Å². The molecule has 2 rings (SSSR count). The largest absolute Gasteiger partial charge is 0.475 e. The van der Waals surface area contributed by atoms with Crippen molar-refractivity contribution in [3.05, 3.63) is 51.9 Å². The number of carbonyl (C=O) groups excluding carboxylic acids is 2. The molecule has 0 amide bonds. The molecule has 1 aromatic carbocycles. The van der Waals surface area contributed by atoms with E-state index < -0.39 is 47.3 Å². The summed E-state index contributed by atoms with van der Waals surface area (Å²) in [6.45, 7) is -0.897. The topological polar surface area (TPSA) is 96.7 Å². The smallest absolute Gasteiger partial charge is 0.436 e. The molecule has 27 heavy (non-hydrogen) atoms. The highest BCUT2D eigenvalue weighted by Crippen LogP contribution is 2.33. The van der Waals surface area contributed by atoms with Gasteiger partial charge in [0.1, 0.15) is 5.56 Å². The molecule has 0 radical (unpaired) electrons. The number of para-hydroxylation sites is 1. The number of aromatic nitrogens is 2. The number of esters is 2. The molecule has 0 aliphatic heterocycles. The molecule has 2 aromatic rings. The maximum Gasteiger partial charge on any atom is 0.436 e. The maximum atomic E-state index is 13.5. The van der Waals surface area contributed by atoms with E-state index in [2.05, 4.69) is 14.6 Å². The lowest BCUT2D eigenvalue weighted by atomic mass is 10.1. The summed E-state index contributed by atoms with van der Waals surface area (Å²) in [6.07, 6.45) is -5.11. The first-order valence-corrected chi connectivity index (χ1v) is 7.28. The SMILES string of the molecule is COC(=O)COc1c(C(=O)OC)c(C(F)(F)F)nn(-c2ccccc2)c1=O. The van der Waals surface area contributed by atoms with E-state index in [0.717, 1.165) is 14.2 Å². The zero-order valence-corrected chi connectivity index (χ0v) is 14.1. The van der Waals surface area contributed by atoms with Crippen LogP contribution in [0.4, 0.5) is 13.2 Å². The van der Waals surface area contributed by atoms with E-state index in [0.29, 0.717) is 4.68 Å². The molecule has 144 valence electrons. The van der Waals surface area contributed by atoms with Gasteiger partial charge < -0.3 is 14.2 Å². The fourth-order valence-corrected chi connectivity index (χ4v) is 2.06. The second kappa shape index (κ2) is 7.89. The molecule has 0 bridgehead atoms. The quantitative estimate of drug-likeness (QED) is 0.720. The minimum Gasteiger partial charge on any atom is -0.475 e. The molecule has 11 heteroatoms. The zero-order valence-electron chi connectivity index (χ0n) is 14.1. The number of hydrogen-bond donors (Lipinski definition) is 0. The summed E-state index contributed by atoms with van der Waals surface area (Å²) >= 11 is 0. The van der Waals surface area contributed by atoms with Gasteiger partial charge in [-0.05, 0) is 12.1 Å². The first-order chi connectivity index (χ1) is 12.7. The van der Waals surface area contributed by atoms with Crippen molar-refractivity contribution in [1.29, 1.82) is 0 Å². The standard InChI is InChI=1S/C16H13F3N2O6/c1-25-10(22)8-27-12-11(15(24)26-2)13(16(17,18)19)20-21(14(12)23)9-6-4-3-5-7-9/h3-7H,8H2,1-2H3. The fourth-order valence-electron chi connectivity index (χ4n) is 2.06. The van der Waals surface area contributed by atoms with Crippen LogP contribution >= 0.6 is 0 Å². The summed E-state index contributed by atoms with van der Waals surface area (Å²) < 4.78 is 54.4. The highest BCUT2D eigenvalue weighted by Gasteiger charge is 2.42. The van der Waals surface area contributed by atoms with Crippen LogP contribution in [0.5, 0.6) is 5.75 Å². The van der Waals surface area contributed by atoms with Gasteiger partial charge >= 0.3 is 23.7 Å². The molecular weight excluding hydrogens is 373 g/mol. The zero-order chi connectivity index (χ0) is 20.2. The Morgan fingerprint density at radius 3 is 2.26 bits per heavy atom. The van der Waals surface area contributed by atoms with Crippen molar-refractivity contribution in [2.75, 3.05) is 20.8 Å². The van der Waals surface area contributed by atoms with Crippen LogP contribution in [0.15, 0.2) is 35.1 Å². The minimum atomic E-state index is -5.11. The molecule has 1 aromatic heterocycles. The Hall–Kier alpha value is -3.37. The van der Waals surface area contributed by atoms with Gasteiger partial charge in [-0.3, -0.25) is 4.79 Å². The first-order valence-electron chi connectivity index (χ1n) is 7.28. The molecule has 0 saturated heterocycles. The molecule has 0 atom stereocenters. The van der Waals surface area contributed by atoms with Gasteiger partial charge in [0.2, 0.25) is 5.75 Å². The van der Waals surface area contributed by atoms with Crippen LogP contribution in [-0.4, -0.2) is 42.5 Å². The van der Waals surface area contributed by atoms with Crippen molar-refractivity contribution in [3.8, 4) is 11.4 Å². The average molecular weight is 386 g/mol. The number of nitrogens with zero attached hydrogens (tertiary/aromatic N) is 2. The molecule has 0 N–H and O–H groups in total. The Labute approximate surface area is 150 Å². The number of hydrogen-bond acceptors (Lipinski definition) is 7. The first kappa shape index (κ1) is 19.9. The van der Waals surface area contributed by atoms with E-state index in [-0.39, 0.29) is 5.69 Å². The Balaban J connectivity index is 2.81. The van der Waals surface area contributed by atoms with Crippen molar-refractivity contribution in [2.45, 2.75) is 6.18 Å². The summed E-state index contributed by atoms with van der Waals surface area (Å²) in [5, 5.41) is 3.27. The summed E-state index contributed by atoms with van der Waals surface area (Å²) in [4.78, 5) is 35.8. The summed E-state index contributed by atoms with van der Waals surface area (Å²) in [5.74, 6) is -3.49. The van der Waals surface area contributed by atoms with Crippen LogP contribution in [-0.2, 0) is 20.4 Å². The van der Waals surface area contributed by atoms with Gasteiger partial charge in [0.05, 0.1) is 19.9 Å². The molecule has 0 fully saturated rings. The lowest BCUT2D eigenvalue weighted by molar-refractivity contribution is -0.143. The van der Waals surface area contributed by atoms with E-state index in [1.165, 1.54) is 24.3 Å². The van der Waals surface area contributed by atoms with Crippen LogP contribution in [0, 0.1) is 0 Å². The number of halogens is 3. The molecule has 0 saturated carbocycles. The third-order valence-corrected chi connectivity index (χ3v) is 3.27. The lowest BCUT2D eigenvalue weighted by Gasteiger charge is -2.17. The number of alkyl halides is 3. The number of benzene rings is 1. The van der Waals surface area contributed by atoms with Gasteiger partial charge in [-0.25, -0.2) is 9.59 Å². The summed E-state index contributed by atoms with van der Waals surface area (Å²) in [7, 11) is 1.85. The van der Waals surface area contributed by atoms with Crippen molar-refractivity contribution in [3.63, 3.8) is 0 Å². The van der Waals surface area contributed by atoms with E-state index in [4.69, 9.17) is 4.74 Å². The van der Waals surface area contributed by atoms with Gasteiger partial charge in [-0.15, -0.1) is 0 Å². The molecule has 0 aliphatic rings. The predicted molar refractivity (Wildman–Crippen MR) is 83.7 cm³/mol. The minimum absolute atomic E-state index is 0.00710. The summed E-state index contributed by atoms with van der Waals surface area (Å²) in [6, 6.07) is 7.18. The number of carbonyl (C=O) groups is 2. The van der Waals surface area contributed by atoms with Crippen molar-refractivity contribution < 1.29 is 37.0 Å². The second-order valence-electron chi connectivity index (χ2n) is 4.96. The van der Waals surface area contributed by atoms with Crippen molar-refractivity contribution in [2.24, 2.45) is 0 Å². The molecular formula is C16H13F3N2O6. The third-order valence-electron chi connectivity index (χ3n) is 3.27. The maximum absolute atomic E-state index is 13.5. The number of rotatable bonds is 5. The number of methoxy groups -OCH3 is 2. The van der Waals surface area contributed by atoms with Crippen LogP contribution in [0.3, 0.4) is 0 Å². The van der Waals surface area contributed by atoms with Gasteiger partial charge in [-0.1, -0.05) is 18.2 Å². The molecule has 0 unspecified atom stereocenters. The Kier molecular flexibility index (Phi) is 5.83. The van der Waals surface area contributed by atoms with E-state index >= 15 is 0 Å². The summed E-state index contributed by atoms with van der Waals surface area (Å²) in [5.41, 5.74) is -4.12. The average Bonchev–Trinajstić information content (AvgIpc) is 2.65. The van der Waals surface area contributed by atoms with Crippen LogP contribution < -0.4 is 10.3 Å². The van der Waals surface area contributed by atoms with Gasteiger partial charge in [-0.2, -0.15) is 23.0 Å². The molecule has 0 spiro atoms. The second-order valence-corrected chi connectivity index (χ2v) is 4.96. The predicted octanol–water partition coefficient (Wildman–Crippen LogP) is 1.59. The van der Waals surface area contributed by atoms with E-state index in [1.54, 1.807) is 6.07 Å². The van der Waals surface area contributed by atoms with Gasteiger partial charge in [0.25, 0.3) is 0 Å². The monoisotopic (exact) mass is 386 g/mol. The highest BCUT2D eigenvalue weighted by atomic mass is 19.4. The van der Waals surface area contributed by atoms with Crippen LogP contribution in [0.25, 0.3) is 5.69 Å². The number of ether oxygens (including phenoxy) is 3. The Morgan fingerprint density at radius 1 is 1.11 bits per heavy atom. The van der Waals surface area contributed by atoms with Crippen molar-refractivity contribution >= 4 is 11.9 Å². The van der Waals surface area contributed by atoms with Gasteiger partial charge in [0, 0.05) is 0 Å². The van der Waals surface area contributed by atoms with E-state index in [9.17, 15) is 27.6 Å². The molecule has 0 aliphatic carbocycles. The van der Waals surface area contributed by atoms with Gasteiger partial charge in [0.15, 0.2) is 12.3 Å². The Morgan fingerprint density at radius 2 is 1.74 bits per heavy atom. The fraction of sp³-hybridized carbons (Fsp3) is 0.250. The third kappa shape index (κ3) is 4.25. The lowest BCUT2D eigenvalue weighted by Crippen LogP contribution is -2.32. The van der Waals surface area contributed by atoms with Crippen LogP contribution in [0.1, 0.15) is 16.1 Å².